The predicted octanol–water partition coefficient (Wildman–Crippen LogP) is 2.20. The van der Waals surface area contributed by atoms with Gasteiger partial charge in [-0.15, -0.1) is 11.3 Å². The second-order valence-corrected chi connectivity index (χ2v) is 5.70. The van der Waals surface area contributed by atoms with Crippen LogP contribution in [0.25, 0.3) is 0 Å². The van der Waals surface area contributed by atoms with Gasteiger partial charge in [0.1, 0.15) is 0 Å². The molecule has 2 aromatic rings. The van der Waals surface area contributed by atoms with Crippen LogP contribution in [-0.4, -0.2) is 22.6 Å². The van der Waals surface area contributed by atoms with Crippen molar-refractivity contribution in [2.24, 2.45) is 0 Å². The summed E-state index contributed by atoms with van der Waals surface area (Å²) in [4.78, 5) is 16.0. The number of thiazole rings is 1. The number of hydrogen-bond donors (Lipinski definition) is 2. The van der Waals surface area contributed by atoms with Gasteiger partial charge in [0.25, 0.3) is 5.91 Å². The summed E-state index contributed by atoms with van der Waals surface area (Å²) in [5.41, 5.74) is 7.30. The molecule has 0 saturated heterocycles. The fourth-order valence-electron chi connectivity index (χ4n) is 1.66. The van der Waals surface area contributed by atoms with Gasteiger partial charge in [-0.2, -0.15) is 0 Å². The van der Waals surface area contributed by atoms with E-state index in [1.165, 1.54) is 11.3 Å². The van der Waals surface area contributed by atoms with Crippen LogP contribution in [0.1, 0.15) is 48.1 Å². The monoisotopic (exact) mass is 294 g/mol. The summed E-state index contributed by atoms with van der Waals surface area (Å²) in [5.74, 6) is 0.268. The maximum atomic E-state index is 11.8. The molecule has 0 aliphatic heterocycles. The van der Waals surface area contributed by atoms with E-state index >= 15 is 0 Å². The molecular weight excluding hydrogens is 276 g/mol. The van der Waals surface area contributed by atoms with E-state index in [4.69, 9.17) is 10.3 Å². The van der Waals surface area contributed by atoms with Gasteiger partial charge in [-0.05, 0) is 18.8 Å². The number of nitrogens with one attached hydrogen (secondary N) is 1. The second-order valence-electron chi connectivity index (χ2n) is 4.81. The Kier molecular flexibility index (Phi) is 4.73. The lowest BCUT2D eigenvalue weighted by molar-refractivity contribution is 0.0916. The van der Waals surface area contributed by atoms with Gasteiger partial charge in [0, 0.05) is 18.0 Å². The minimum atomic E-state index is -0.234. The van der Waals surface area contributed by atoms with Crippen molar-refractivity contribution in [2.45, 2.75) is 32.6 Å². The van der Waals surface area contributed by atoms with Crippen molar-refractivity contribution in [3.8, 4) is 0 Å². The number of carbonyl (C=O) groups is 1. The van der Waals surface area contributed by atoms with Gasteiger partial charge in [-0.3, -0.25) is 4.79 Å². The van der Waals surface area contributed by atoms with E-state index < -0.39 is 0 Å². The average molecular weight is 294 g/mol. The predicted molar refractivity (Wildman–Crippen MR) is 77.8 cm³/mol. The Morgan fingerprint density at radius 2 is 2.35 bits per heavy atom. The fraction of sp³-hybridized carbons (Fsp3) is 0.462. The number of aromatic nitrogens is 2. The molecule has 20 heavy (non-hydrogen) atoms. The van der Waals surface area contributed by atoms with Crippen LogP contribution < -0.4 is 11.1 Å². The average Bonchev–Trinajstić information content (AvgIpc) is 3.03. The lowest BCUT2D eigenvalue weighted by atomic mass is 10.1. The van der Waals surface area contributed by atoms with Gasteiger partial charge >= 0.3 is 0 Å². The van der Waals surface area contributed by atoms with Crippen LogP contribution in [0.15, 0.2) is 16.0 Å². The minimum Gasteiger partial charge on any atom is -0.375 e. The highest BCUT2D eigenvalue weighted by Gasteiger charge is 2.14. The van der Waals surface area contributed by atoms with E-state index in [0.29, 0.717) is 11.7 Å². The molecule has 2 heterocycles. The van der Waals surface area contributed by atoms with Crippen molar-refractivity contribution in [1.82, 2.24) is 15.5 Å². The van der Waals surface area contributed by atoms with Gasteiger partial charge in [-0.25, -0.2) is 4.98 Å². The van der Waals surface area contributed by atoms with Crippen LogP contribution >= 0.6 is 11.3 Å². The molecule has 0 aliphatic rings. The molecular formula is C13H18N4O2S. The number of anilines is 1. The van der Waals surface area contributed by atoms with Gasteiger partial charge < -0.3 is 15.6 Å². The van der Waals surface area contributed by atoms with Gasteiger partial charge in [-0.1, -0.05) is 19.0 Å². The quantitative estimate of drug-likeness (QED) is 0.796. The second kappa shape index (κ2) is 6.51. The third kappa shape index (κ3) is 3.80. The number of aryl methyl sites for hydroxylation is 1. The van der Waals surface area contributed by atoms with Crippen molar-refractivity contribution in [3.63, 3.8) is 0 Å². The Balaban J connectivity index is 1.74. The Hall–Kier alpha value is -1.89. The lowest BCUT2D eigenvalue weighted by Gasteiger charge is -2.01. The number of rotatable bonds is 6. The van der Waals surface area contributed by atoms with Gasteiger partial charge in [0.2, 0.25) is 5.76 Å². The third-order valence-electron chi connectivity index (χ3n) is 2.81. The molecule has 0 radical (unpaired) electrons. The van der Waals surface area contributed by atoms with Crippen LogP contribution in [0.2, 0.25) is 0 Å². The Bertz CT molecular complexity index is 576. The van der Waals surface area contributed by atoms with E-state index in [0.717, 1.165) is 24.2 Å². The van der Waals surface area contributed by atoms with E-state index in [2.05, 4.69) is 15.5 Å². The zero-order valence-corrected chi connectivity index (χ0v) is 12.4. The maximum absolute atomic E-state index is 11.8. The zero-order valence-electron chi connectivity index (χ0n) is 11.5. The van der Waals surface area contributed by atoms with Gasteiger partial charge in [0.05, 0.1) is 11.4 Å². The standard InChI is InChI=1S/C13H18N4O2S/c1-8(2)10-6-11(19-17-10)12(18)15-5-3-4-9-7-20-13(14)16-9/h6-8H,3-5H2,1-2H3,(H2,14,16)(H,15,18). The van der Waals surface area contributed by atoms with E-state index in [9.17, 15) is 4.79 Å². The number of nitrogen functional groups attached to an aromatic ring is 1. The molecule has 3 N–H and O–H groups in total. The van der Waals surface area contributed by atoms with Crippen LogP contribution in [0.4, 0.5) is 5.13 Å². The van der Waals surface area contributed by atoms with E-state index in [1.807, 2.05) is 19.2 Å². The topological polar surface area (TPSA) is 94.0 Å². The summed E-state index contributed by atoms with van der Waals surface area (Å²) >= 11 is 1.43. The summed E-state index contributed by atoms with van der Waals surface area (Å²) in [6.45, 7) is 4.56. The van der Waals surface area contributed by atoms with Crippen LogP contribution in [0.3, 0.4) is 0 Å². The summed E-state index contributed by atoms with van der Waals surface area (Å²) in [7, 11) is 0. The molecule has 1 amide bonds. The van der Waals surface area contributed by atoms with Crippen LogP contribution in [0.5, 0.6) is 0 Å². The third-order valence-corrected chi connectivity index (χ3v) is 3.53. The Morgan fingerprint density at radius 1 is 1.55 bits per heavy atom. The molecule has 2 aromatic heterocycles. The molecule has 0 fully saturated rings. The first-order valence-electron chi connectivity index (χ1n) is 6.51. The highest BCUT2D eigenvalue weighted by molar-refractivity contribution is 7.13. The normalized spacial score (nSPS) is 10.9. The van der Waals surface area contributed by atoms with Crippen molar-refractivity contribution in [1.29, 1.82) is 0 Å². The molecule has 6 nitrogen and oxygen atoms in total. The summed E-state index contributed by atoms with van der Waals surface area (Å²) in [5, 5.41) is 9.17. The van der Waals surface area contributed by atoms with E-state index in [1.54, 1.807) is 6.07 Å². The van der Waals surface area contributed by atoms with Gasteiger partial charge in [0.15, 0.2) is 5.13 Å². The molecule has 0 aromatic carbocycles. The molecule has 2 rings (SSSR count). The highest BCUT2D eigenvalue weighted by Crippen LogP contribution is 2.14. The number of amides is 1. The van der Waals surface area contributed by atoms with Crippen molar-refractivity contribution in [2.75, 3.05) is 12.3 Å². The Labute approximate surface area is 121 Å². The zero-order chi connectivity index (χ0) is 14.5. The highest BCUT2D eigenvalue weighted by atomic mass is 32.1. The van der Waals surface area contributed by atoms with Crippen LogP contribution in [0, 0.1) is 0 Å². The summed E-state index contributed by atoms with van der Waals surface area (Å²) in [6, 6.07) is 1.68. The molecule has 108 valence electrons. The molecule has 0 spiro atoms. The molecule has 0 unspecified atom stereocenters. The largest absolute Gasteiger partial charge is 0.375 e. The van der Waals surface area contributed by atoms with Crippen molar-refractivity contribution < 1.29 is 9.32 Å². The van der Waals surface area contributed by atoms with Crippen molar-refractivity contribution >= 4 is 22.4 Å². The first-order valence-corrected chi connectivity index (χ1v) is 7.39. The SMILES string of the molecule is CC(C)c1cc(C(=O)NCCCc2csc(N)n2)on1. The number of nitrogens with zero attached hydrogens (tertiary/aromatic N) is 2. The first kappa shape index (κ1) is 14.5. The Morgan fingerprint density at radius 3 is 2.95 bits per heavy atom. The van der Waals surface area contributed by atoms with Crippen molar-refractivity contribution in [3.05, 3.63) is 28.6 Å². The smallest absolute Gasteiger partial charge is 0.289 e. The number of nitrogens with two attached hydrogens (primary N) is 1. The molecule has 0 atom stereocenters. The minimum absolute atomic E-state index is 0.234. The number of hydrogen-bond acceptors (Lipinski definition) is 6. The first-order chi connectivity index (χ1) is 9.56. The number of carbonyl (C=O) groups excluding carboxylic acids is 1. The molecule has 0 bridgehead atoms. The molecule has 7 heteroatoms. The summed E-state index contributed by atoms with van der Waals surface area (Å²) < 4.78 is 5.02. The molecule has 0 aliphatic carbocycles. The molecule has 0 saturated carbocycles. The van der Waals surface area contributed by atoms with Crippen LogP contribution in [-0.2, 0) is 6.42 Å². The maximum Gasteiger partial charge on any atom is 0.289 e. The lowest BCUT2D eigenvalue weighted by Crippen LogP contribution is -2.24. The fourth-order valence-corrected chi connectivity index (χ4v) is 2.26. The van der Waals surface area contributed by atoms with E-state index in [-0.39, 0.29) is 17.6 Å². The summed E-state index contributed by atoms with van der Waals surface area (Å²) in [6.07, 6.45) is 1.60.